The van der Waals surface area contributed by atoms with E-state index in [0.717, 1.165) is 17.0 Å². The lowest BCUT2D eigenvalue weighted by molar-refractivity contribution is 0.0747. The molecule has 2 aromatic carbocycles. The van der Waals surface area contributed by atoms with E-state index in [4.69, 9.17) is 0 Å². The van der Waals surface area contributed by atoms with Gasteiger partial charge in [0.25, 0.3) is 15.9 Å². The Morgan fingerprint density at radius 2 is 1.70 bits per heavy atom. The number of amides is 1. The third kappa shape index (κ3) is 4.47. The van der Waals surface area contributed by atoms with Crippen LogP contribution in [0.1, 0.15) is 10.4 Å². The Morgan fingerprint density at radius 1 is 0.967 bits per heavy atom. The lowest BCUT2D eigenvalue weighted by Gasteiger charge is -2.36. The van der Waals surface area contributed by atoms with Gasteiger partial charge < -0.3 is 9.80 Å². The van der Waals surface area contributed by atoms with Crippen molar-refractivity contribution in [2.75, 3.05) is 35.8 Å². The lowest BCUT2D eigenvalue weighted by atomic mass is 10.1. The largest absolute Gasteiger partial charge is 0.368 e. The molecule has 6 nitrogen and oxygen atoms in total. The third-order valence-corrected chi connectivity index (χ3v) is 7.66. The standard InChI is InChI=1S/C21H20FN3O3S2/c22-17-6-8-19(9-7-17)24-10-12-25(13-11-24)21(26)16-3-1-4-18(15-16)23-30(27,28)20-5-2-14-29-20/h1-9,14-15,23H,10-13H2. The van der Waals surface area contributed by atoms with E-state index in [1.54, 1.807) is 52.7 Å². The normalized spacial score (nSPS) is 14.6. The Balaban J connectivity index is 1.42. The summed E-state index contributed by atoms with van der Waals surface area (Å²) >= 11 is 1.13. The molecule has 1 aromatic heterocycles. The van der Waals surface area contributed by atoms with E-state index in [0.29, 0.717) is 37.4 Å². The number of anilines is 2. The average Bonchev–Trinajstić information content (AvgIpc) is 3.30. The van der Waals surface area contributed by atoms with E-state index in [1.807, 2.05) is 0 Å². The van der Waals surface area contributed by atoms with Gasteiger partial charge in [-0.2, -0.15) is 0 Å². The van der Waals surface area contributed by atoms with Crippen molar-refractivity contribution in [3.63, 3.8) is 0 Å². The molecular weight excluding hydrogens is 425 g/mol. The van der Waals surface area contributed by atoms with Gasteiger partial charge in [-0.3, -0.25) is 9.52 Å². The van der Waals surface area contributed by atoms with Crippen LogP contribution in [0, 0.1) is 5.82 Å². The van der Waals surface area contributed by atoms with E-state index in [-0.39, 0.29) is 15.9 Å². The molecule has 1 fully saturated rings. The van der Waals surface area contributed by atoms with Crippen LogP contribution < -0.4 is 9.62 Å². The SMILES string of the molecule is O=C(c1cccc(NS(=O)(=O)c2cccs2)c1)N1CCN(c2ccc(F)cc2)CC1. The quantitative estimate of drug-likeness (QED) is 0.651. The zero-order valence-electron chi connectivity index (χ0n) is 16.0. The van der Waals surface area contributed by atoms with Crippen LogP contribution in [0.2, 0.25) is 0 Å². The average molecular weight is 446 g/mol. The highest BCUT2D eigenvalue weighted by molar-refractivity contribution is 7.94. The van der Waals surface area contributed by atoms with Gasteiger partial charge in [0.05, 0.1) is 0 Å². The fraction of sp³-hybridized carbons (Fsp3) is 0.190. The molecule has 0 saturated carbocycles. The smallest absolute Gasteiger partial charge is 0.271 e. The second-order valence-electron chi connectivity index (χ2n) is 6.87. The number of hydrogen-bond donors (Lipinski definition) is 1. The molecule has 0 atom stereocenters. The maximum atomic E-state index is 13.1. The molecule has 3 aromatic rings. The topological polar surface area (TPSA) is 69.7 Å². The van der Waals surface area contributed by atoms with Crippen molar-refractivity contribution in [3.05, 3.63) is 77.4 Å². The first kappa shape index (κ1) is 20.4. The van der Waals surface area contributed by atoms with Crippen molar-refractivity contribution in [2.45, 2.75) is 4.21 Å². The summed E-state index contributed by atoms with van der Waals surface area (Å²) in [6, 6.07) is 16.0. The van der Waals surface area contributed by atoms with Gasteiger partial charge in [-0.05, 0) is 53.9 Å². The number of sulfonamides is 1. The Hall–Kier alpha value is -2.91. The highest BCUT2D eigenvalue weighted by atomic mass is 32.2. The minimum atomic E-state index is -3.67. The number of nitrogens with one attached hydrogen (secondary N) is 1. The Labute approximate surface area is 178 Å². The zero-order valence-corrected chi connectivity index (χ0v) is 17.6. The third-order valence-electron chi connectivity index (χ3n) is 4.88. The summed E-state index contributed by atoms with van der Waals surface area (Å²) in [6.45, 7) is 2.34. The molecule has 9 heteroatoms. The number of halogens is 1. The molecular formula is C21H20FN3O3S2. The van der Waals surface area contributed by atoms with Gasteiger partial charge in [0.15, 0.2) is 0 Å². The number of carbonyl (C=O) groups excluding carboxylic acids is 1. The minimum absolute atomic E-state index is 0.147. The molecule has 1 aliphatic rings. The highest BCUT2D eigenvalue weighted by Crippen LogP contribution is 2.22. The van der Waals surface area contributed by atoms with Crippen LogP contribution in [0.15, 0.2) is 70.3 Å². The van der Waals surface area contributed by atoms with Crippen LogP contribution in [0.25, 0.3) is 0 Å². The molecule has 4 rings (SSSR count). The first-order valence-electron chi connectivity index (χ1n) is 9.38. The van der Waals surface area contributed by atoms with Crippen molar-refractivity contribution in [3.8, 4) is 0 Å². The second-order valence-corrected chi connectivity index (χ2v) is 9.73. The Bertz CT molecular complexity index is 1120. The van der Waals surface area contributed by atoms with Crippen LogP contribution in [-0.4, -0.2) is 45.4 Å². The van der Waals surface area contributed by atoms with Gasteiger partial charge in [-0.25, -0.2) is 12.8 Å². The van der Waals surface area contributed by atoms with Crippen molar-refractivity contribution in [2.24, 2.45) is 0 Å². The molecule has 0 radical (unpaired) electrons. The number of benzene rings is 2. The van der Waals surface area contributed by atoms with Crippen molar-refractivity contribution in [1.29, 1.82) is 0 Å². The molecule has 2 heterocycles. The minimum Gasteiger partial charge on any atom is -0.368 e. The number of piperazine rings is 1. The van der Waals surface area contributed by atoms with Gasteiger partial charge >= 0.3 is 0 Å². The summed E-state index contributed by atoms with van der Waals surface area (Å²) in [5.41, 5.74) is 1.70. The molecule has 0 aliphatic carbocycles. The van der Waals surface area contributed by atoms with Gasteiger partial charge in [0.1, 0.15) is 10.0 Å². The summed E-state index contributed by atoms with van der Waals surface area (Å²) < 4.78 is 40.7. The van der Waals surface area contributed by atoms with E-state index < -0.39 is 10.0 Å². The predicted octanol–water partition coefficient (Wildman–Crippen LogP) is 3.65. The van der Waals surface area contributed by atoms with Crippen LogP contribution >= 0.6 is 11.3 Å². The summed E-state index contributed by atoms with van der Waals surface area (Å²) in [4.78, 5) is 16.8. The summed E-state index contributed by atoms with van der Waals surface area (Å²) in [7, 11) is -3.67. The molecule has 1 saturated heterocycles. The van der Waals surface area contributed by atoms with E-state index in [2.05, 4.69) is 9.62 Å². The van der Waals surface area contributed by atoms with Crippen LogP contribution in [0.4, 0.5) is 15.8 Å². The summed E-state index contributed by atoms with van der Waals surface area (Å²) in [5, 5.41) is 1.69. The maximum Gasteiger partial charge on any atom is 0.271 e. The first-order valence-corrected chi connectivity index (χ1v) is 11.7. The first-order chi connectivity index (χ1) is 14.4. The van der Waals surface area contributed by atoms with E-state index in [9.17, 15) is 17.6 Å². The van der Waals surface area contributed by atoms with Crippen LogP contribution in [0.3, 0.4) is 0 Å². The van der Waals surface area contributed by atoms with Gasteiger partial charge in [-0.15, -0.1) is 11.3 Å². The predicted molar refractivity (Wildman–Crippen MR) is 116 cm³/mol. The zero-order chi connectivity index (χ0) is 21.1. The van der Waals surface area contributed by atoms with Crippen LogP contribution in [0.5, 0.6) is 0 Å². The molecule has 0 bridgehead atoms. The number of nitrogens with zero attached hydrogens (tertiary/aromatic N) is 2. The fourth-order valence-electron chi connectivity index (χ4n) is 3.34. The van der Waals surface area contributed by atoms with Crippen molar-refractivity contribution >= 4 is 38.6 Å². The molecule has 1 N–H and O–H groups in total. The molecule has 156 valence electrons. The van der Waals surface area contributed by atoms with Gasteiger partial charge in [0.2, 0.25) is 0 Å². The highest BCUT2D eigenvalue weighted by Gasteiger charge is 2.23. The van der Waals surface area contributed by atoms with Crippen molar-refractivity contribution in [1.82, 2.24) is 4.90 Å². The van der Waals surface area contributed by atoms with E-state index in [1.165, 1.54) is 18.2 Å². The second kappa shape index (κ2) is 8.45. The molecule has 0 unspecified atom stereocenters. The number of carbonyl (C=O) groups is 1. The number of hydrogen-bond acceptors (Lipinski definition) is 5. The lowest BCUT2D eigenvalue weighted by Crippen LogP contribution is -2.48. The monoisotopic (exact) mass is 445 g/mol. The molecule has 1 aliphatic heterocycles. The fourth-order valence-corrected chi connectivity index (χ4v) is 5.38. The Kier molecular flexibility index (Phi) is 5.74. The maximum absolute atomic E-state index is 13.1. The van der Waals surface area contributed by atoms with Crippen LogP contribution in [-0.2, 0) is 10.0 Å². The van der Waals surface area contributed by atoms with Gasteiger partial charge in [0, 0.05) is 43.1 Å². The summed E-state index contributed by atoms with van der Waals surface area (Å²) in [5.74, 6) is -0.423. The molecule has 30 heavy (non-hydrogen) atoms. The molecule has 1 amide bonds. The van der Waals surface area contributed by atoms with Crippen molar-refractivity contribution < 1.29 is 17.6 Å². The van der Waals surface area contributed by atoms with E-state index >= 15 is 0 Å². The molecule has 0 spiro atoms. The number of thiophene rings is 1. The van der Waals surface area contributed by atoms with Gasteiger partial charge in [-0.1, -0.05) is 12.1 Å². The number of rotatable bonds is 5. The Morgan fingerprint density at radius 3 is 2.37 bits per heavy atom. The summed E-state index contributed by atoms with van der Waals surface area (Å²) in [6.07, 6.45) is 0.